The van der Waals surface area contributed by atoms with Gasteiger partial charge in [-0.15, -0.1) is 9.61 Å². The molecule has 0 fully saturated rings. The first-order chi connectivity index (χ1) is 7.25. The molecule has 0 atom stereocenters. The van der Waals surface area contributed by atoms with Crippen molar-refractivity contribution in [1.29, 1.82) is 0 Å². The van der Waals surface area contributed by atoms with Crippen LogP contribution in [0.25, 0.3) is 16.6 Å². The monoisotopic (exact) mass is 201 g/mol. The molecule has 0 unspecified atom stereocenters. The van der Waals surface area contributed by atoms with E-state index in [0.29, 0.717) is 5.65 Å². The van der Waals surface area contributed by atoms with E-state index in [2.05, 4.69) is 20.5 Å². The van der Waals surface area contributed by atoms with Gasteiger partial charge in [-0.05, 0) is 35.0 Å². The molecule has 2 aromatic heterocycles. The maximum atomic E-state index is 11.5. The van der Waals surface area contributed by atoms with Crippen molar-refractivity contribution in [1.82, 2.24) is 25.0 Å². The molecule has 0 spiro atoms. The Bertz CT molecular complexity index is 711. The van der Waals surface area contributed by atoms with Crippen LogP contribution in [0.4, 0.5) is 0 Å². The fourth-order valence-electron chi connectivity index (χ4n) is 1.62. The summed E-state index contributed by atoms with van der Waals surface area (Å²) in [6, 6.07) is 5.74. The number of tetrazole rings is 1. The molecule has 1 aromatic carbocycles. The number of aryl methyl sites for hydroxylation is 1. The molecule has 6 nitrogen and oxygen atoms in total. The topological polar surface area (TPSA) is 75.9 Å². The molecule has 1 N–H and O–H groups in total. The molecular weight excluding hydrogens is 194 g/mol. The Labute approximate surface area is 83.5 Å². The highest BCUT2D eigenvalue weighted by atomic mass is 16.1. The Kier molecular flexibility index (Phi) is 1.42. The number of hydrogen-bond donors (Lipinski definition) is 1. The summed E-state index contributed by atoms with van der Waals surface area (Å²) >= 11 is 0. The van der Waals surface area contributed by atoms with E-state index in [4.69, 9.17) is 0 Å². The molecule has 74 valence electrons. The second-order valence-electron chi connectivity index (χ2n) is 3.39. The van der Waals surface area contributed by atoms with Gasteiger partial charge in [-0.1, -0.05) is 6.07 Å². The van der Waals surface area contributed by atoms with Crippen molar-refractivity contribution in [2.24, 2.45) is 0 Å². The van der Waals surface area contributed by atoms with Crippen molar-refractivity contribution in [3.63, 3.8) is 0 Å². The van der Waals surface area contributed by atoms with Gasteiger partial charge in [0.15, 0.2) is 5.65 Å². The third-order valence-electron chi connectivity index (χ3n) is 2.32. The van der Waals surface area contributed by atoms with Crippen LogP contribution in [0.2, 0.25) is 0 Å². The predicted molar refractivity (Wildman–Crippen MR) is 53.6 cm³/mol. The number of fused-ring (bicyclic) bond motifs is 3. The predicted octanol–water partition coefficient (Wildman–Crippen LogP) is 0.274. The quantitative estimate of drug-likeness (QED) is 0.566. The van der Waals surface area contributed by atoms with Gasteiger partial charge in [-0.3, -0.25) is 0 Å². The van der Waals surface area contributed by atoms with Crippen molar-refractivity contribution in [3.8, 4) is 0 Å². The van der Waals surface area contributed by atoms with Crippen LogP contribution in [0.15, 0.2) is 23.0 Å². The zero-order valence-corrected chi connectivity index (χ0v) is 7.93. The lowest BCUT2D eigenvalue weighted by atomic mass is 10.2. The van der Waals surface area contributed by atoms with Gasteiger partial charge in [0.1, 0.15) is 0 Å². The number of aromatic amines is 1. The molecule has 3 aromatic rings. The summed E-state index contributed by atoms with van der Waals surface area (Å²) in [7, 11) is 0. The minimum atomic E-state index is -0.326. The Morgan fingerprint density at radius 1 is 1.40 bits per heavy atom. The van der Waals surface area contributed by atoms with E-state index >= 15 is 0 Å². The van der Waals surface area contributed by atoms with Gasteiger partial charge in [0.2, 0.25) is 0 Å². The van der Waals surface area contributed by atoms with Crippen molar-refractivity contribution in [2.75, 3.05) is 0 Å². The van der Waals surface area contributed by atoms with Gasteiger partial charge in [0.25, 0.3) is 0 Å². The molecule has 0 saturated carbocycles. The third kappa shape index (κ3) is 1.04. The Morgan fingerprint density at radius 2 is 2.27 bits per heavy atom. The first kappa shape index (κ1) is 8.10. The molecular formula is C9H7N5O. The summed E-state index contributed by atoms with van der Waals surface area (Å²) in [5, 5.41) is 11.7. The number of rotatable bonds is 0. The van der Waals surface area contributed by atoms with E-state index in [0.717, 1.165) is 21.0 Å². The number of nitrogens with one attached hydrogen (secondary N) is 1. The first-order valence-corrected chi connectivity index (χ1v) is 4.46. The number of hydrogen-bond acceptors (Lipinski definition) is 4. The summed E-state index contributed by atoms with van der Waals surface area (Å²) in [6.45, 7) is 1.96. The van der Waals surface area contributed by atoms with Crippen LogP contribution < -0.4 is 5.69 Å². The smallest absolute Gasteiger partial charge is 0.305 e. The second-order valence-corrected chi connectivity index (χ2v) is 3.39. The van der Waals surface area contributed by atoms with Crippen LogP contribution in [0.3, 0.4) is 0 Å². The number of aromatic nitrogens is 5. The lowest BCUT2D eigenvalue weighted by Crippen LogP contribution is -2.17. The molecule has 0 amide bonds. The summed E-state index contributed by atoms with van der Waals surface area (Å²) < 4.78 is 1.15. The van der Waals surface area contributed by atoms with E-state index in [1.54, 1.807) is 0 Å². The molecule has 6 heteroatoms. The second kappa shape index (κ2) is 2.63. The highest BCUT2D eigenvalue weighted by Gasteiger charge is 2.06. The summed E-state index contributed by atoms with van der Waals surface area (Å²) in [5.74, 6) is 0. The summed E-state index contributed by atoms with van der Waals surface area (Å²) in [5.41, 5.74) is 1.99. The van der Waals surface area contributed by atoms with Crippen molar-refractivity contribution in [3.05, 3.63) is 34.2 Å². The molecule has 15 heavy (non-hydrogen) atoms. The van der Waals surface area contributed by atoms with Crippen LogP contribution in [-0.2, 0) is 0 Å². The van der Waals surface area contributed by atoms with Gasteiger partial charge in [0, 0.05) is 5.39 Å². The van der Waals surface area contributed by atoms with Gasteiger partial charge >= 0.3 is 5.69 Å². The standard InChI is InChI=1S/C9H7N5O/c1-5-2-3-6-7(4-5)10-9(15)14-8(6)11-12-13-14/h2-4H,1H3,(H,10,15). The molecule has 0 saturated heterocycles. The average molecular weight is 201 g/mol. The first-order valence-electron chi connectivity index (χ1n) is 4.46. The molecule has 2 heterocycles. The summed E-state index contributed by atoms with van der Waals surface area (Å²) in [4.78, 5) is 14.3. The van der Waals surface area contributed by atoms with Crippen molar-refractivity contribution < 1.29 is 0 Å². The molecule has 0 aliphatic heterocycles. The van der Waals surface area contributed by atoms with Gasteiger partial charge in [-0.2, -0.15) is 0 Å². The minimum absolute atomic E-state index is 0.326. The number of nitrogens with zero attached hydrogens (tertiary/aromatic N) is 4. The largest absolute Gasteiger partial charge is 0.350 e. The number of H-pyrrole nitrogens is 1. The highest BCUT2D eigenvalue weighted by Crippen LogP contribution is 2.14. The van der Waals surface area contributed by atoms with Crippen LogP contribution in [-0.4, -0.2) is 25.0 Å². The van der Waals surface area contributed by atoms with E-state index in [1.165, 1.54) is 0 Å². The Hall–Kier alpha value is -2.24. The Balaban J connectivity index is 2.66. The van der Waals surface area contributed by atoms with Crippen LogP contribution in [0, 0.1) is 6.92 Å². The fraction of sp³-hybridized carbons (Fsp3) is 0.111. The van der Waals surface area contributed by atoms with Crippen molar-refractivity contribution >= 4 is 16.6 Å². The van der Waals surface area contributed by atoms with Gasteiger partial charge in [-0.25, -0.2) is 4.79 Å². The molecule has 0 aliphatic carbocycles. The zero-order valence-electron chi connectivity index (χ0n) is 7.93. The highest BCUT2D eigenvalue weighted by molar-refractivity contribution is 5.90. The maximum Gasteiger partial charge on any atom is 0.350 e. The van der Waals surface area contributed by atoms with Gasteiger partial charge < -0.3 is 4.98 Å². The lowest BCUT2D eigenvalue weighted by Gasteiger charge is -1.99. The van der Waals surface area contributed by atoms with Crippen molar-refractivity contribution in [2.45, 2.75) is 6.92 Å². The van der Waals surface area contributed by atoms with E-state index in [1.807, 2.05) is 25.1 Å². The minimum Gasteiger partial charge on any atom is -0.305 e. The normalized spacial score (nSPS) is 11.3. The molecule has 0 aliphatic rings. The van der Waals surface area contributed by atoms with E-state index in [9.17, 15) is 4.79 Å². The lowest BCUT2D eigenvalue weighted by molar-refractivity contribution is 0.787. The molecule has 3 rings (SSSR count). The maximum absolute atomic E-state index is 11.5. The SMILES string of the molecule is Cc1ccc2c(c1)[nH]c(=O)n1nnnc21. The van der Waals surface area contributed by atoms with Crippen LogP contribution in [0.1, 0.15) is 5.56 Å². The van der Waals surface area contributed by atoms with E-state index < -0.39 is 0 Å². The summed E-state index contributed by atoms with van der Waals surface area (Å²) in [6.07, 6.45) is 0. The van der Waals surface area contributed by atoms with Gasteiger partial charge in [0.05, 0.1) is 5.52 Å². The van der Waals surface area contributed by atoms with E-state index in [-0.39, 0.29) is 5.69 Å². The number of benzene rings is 1. The average Bonchev–Trinajstić information content (AvgIpc) is 2.66. The zero-order chi connectivity index (χ0) is 10.4. The Morgan fingerprint density at radius 3 is 3.13 bits per heavy atom. The third-order valence-corrected chi connectivity index (χ3v) is 2.32. The molecule has 0 radical (unpaired) electrons. The van der Waals surface area contributed by atoms with Crippen LogP contribution >= 0.6 is 0 Å². The molecule has 0 bridgehead atoms. The fourth-order valence-corrected chi connectivity index (χ4v) is 1.62. The van der Waals surface area contributed by atoms with Crippen LogP contribution in [0.5, 0.6) is 0 Å².